The van der Waals surface area contributed by atoms with Gasteiger partial charge in [-0.25, -0.2) is 0 Å². The van der Waals surface area contributed by atoms with Crippen molar-refractivity contribution >= 4 is 27.3 Å². The van der Waals surface area contributed by atoms with Crippen LogP contribution in [-0.4, -0.2) is 10.2 Å². The average molecular weight is 269 g/mol. The number of hydrogen-bond acceptors (Lipinski definition) is 3. The van der Waals surface area contributed by atoms with Gasteiger partial charge in [-0.1, -0.05) is 42.5 Å². The van der Waals surface area contributed by atoms with Crippen LogP contribution in [0.5, 0.6) is 0 Å². The Balaban J connectivity index is 2.33. The molecule has 0 amide bonds. The van der Waals surface area contributed by atoms with Crippen LogP contribution in [-0.2, 0) is 6.42 Å². The molecule has 0 bridgehead atoms. The van der Waals surface area contributed by atoms with Crippen LogP contribution >= 0.6 is 27.3 Å². The fourth-order valence-electron chi connectivity index (χ4n) is 1.21. The van der Waals surface area contributed by atoms with E-state index in [0.717, 1.165) is 20.9 Å². The van der Waals surface area contributed by atoms with Crippen molar-refractivity contribution in [3.05, 3.63) is 33.7 Å². The van der Waals surface area contributed by atoms with Crippen LogP contribution in [0.2, 0.25) is 0 Å². The Kier molecular flexibility index (Phi) is 2.93. The third-order valence-electron chi connectivity index (χ3n) is 2.01. The molecule has 1 aromatic carbocycles. The highest BCUT2D eigenvalue weighted by Crippen LogP contribution is 2.26. The van der Waals surface area contributed by atoms with E-state index in [1.807, 2.05) is 0 Å². The van der Waals surface area contributed by atoms with Crippen LogP contribution in [0, 0.1) is 0 Å². The maximum absolute atomic E-state index is 4.06. The van der Waals surface area contributed by atoms with Crippen LogP contribution in [0.15, 0.2) is 28.2 Å². The molecule has 14 heavy (non-hydrogen) atoms. The first-order valence-corrected chi connectivity index (χ1v) is 5.99. The van der Waals surface area contributed by atoms with E-state index in [2.05, 4.69) is 57.3 Å². The molecule has 2 nitrogen and oxygen atoms in total. The Bertz CT molecular complexity index is 422. The summed E-state index contributed by atoms with van der Waals surface area (Å²) in [5, 5.41) is 8.94. The lowest BCUT2D eigenvalue weighted by Gasteiger charge is -1.97. The molecule has 0 fully saturated rings. The van der Waals surface area contributed by atoms with Crippen molar-refractivity contribution in [2.24, 2.45) is 0 Å². The molecule has 0 N–H and O–H groups in total. The Morgan fingerprint density at radius 3 is 2.43 bits per heavy atom. The van der Waals surface area contributed by atoms with Crippen molar-refractivity contribution in [1.29, 1.82) is 0 Å². The van der Waals surface area contributed by atoms with E-state index in [4.69, 9.17) is 0 Å². The molecule has 0 spiro atoms. The molecule has 0 radical (unpaired) electrons. The molecule has 0 aliphatic rings. The van der Waals surface area contributed by atoms with Crippen molar-refractivity contribution < 1.29 is 0 Å². The summed E-state index contributed by atoms with van der Waals surface area (Å²) >= 11 is 4.85. The van der Waals surface area contributed by atoms with Gasteiger partial charge in [0, 0.05) is 5.56 Å². The quantitative estimate of drug-likeness (QED) is 0.833. The number of benzene rings is 1. The molecule has 0 saturated carbocycles. The second kappa shape index (κ2) is 4.19. The molecule has 0 unspecified atom stereocenters. The molecule has 1 heterocycles. The molecule has 0 atom stereocenters. The van der Waals surface area contributed by atoms with Gasteiger partial charge in [-0.05, 0) is 27.9 Å². The molecule has 4 heteroatoms. The summed E-state index contributed by atoms with van der Waals surface area (Å²) in [5.74, 6) is 0. The first-order valence-electron chi connectivity index (χ1n) is 4.38. The van der Waals surface area contributed by atoms with E-state index in [9.17, 15) is 0 Å². The Hall–Kier alpha value is -0.740. The van der Waals surface area contributed by atoms with E-state index in [0.29, 0.717) is 0 Å². The summed E-state index contributed by atoms with van der Waals surface area (Å²) < 4.78 is 0.826. The van der Waals surface area contributed by atoms with Crippen molar-refractivity contribution in [3.63, 3.8) is 0 Å². The van der Waals surface area contributed by atoms with E-state index in [1.54, 1.807) is 11.3 Å². The Morgan fingerprint density at radius 1 is 1.21 bits per heavy atom. The number of halogens is 1. The zero-order chi connectivity index (χ0) is 9.97. The zero-order valence-electron chi connectivity index (χ0n) is 7.70. The maximum atomic E-state index is 4.06. The standard InChI is InChI=1S/C10H9BrN2S/c1-2-7-3-5-8(6-4-7)9-12-13-10(11)14-9/h3-6H,2H2,1H3. The maximum Gasteiger partial charge on any atom is 0.183 e. The molecular weight excluding hydrogens is 260 g/mol. The summed E-state index contributed by atoms with van der Waals surface area (Å²) in [6.07, 6.45) is 1.07. The average Bonchev–Trinajstić information content (AvgIpc) is 2.65. The van der Waals surface area contributed by atoms with Gasteiger partial charge < -0.3 is 0 Å². The largest absolute Gasteiger partial charge is 0.183 e. The summed E-state index contributed by atoms with van der Waals surface area (Å²) in [5.41, 5.74) is 2.47. The molecular formula is C10H9BrN2S. The van der Waals surface area contributed by atoms with Crippen molar-refractivity contribution in [3.8, 4) is 10.6 Å². The van der Waals surface area contributed by atoms with E-state index in [1.165, 1.54) is 5.56 Å². The molecule has 2 aromatic rings. The highest BCUT2D eigenvalue weighted by molar-refractivity contribution is 9.11. The molecule has 0 aliphatic carbocycles. The van der Waals surface area contributed by atoms with Gasteiger partial charge in [0.15, 0.2) is 3.92 Å². The van der Waals surface area contributed by atoms with Crippen molar-refractivity contribution in [2.45, 2.75) is 13.3 Å². The summed E-state index contributed by atoms with van der Waals surface area (Å²) in [7, 11) is 0. The van der Waals surface area contributed by atoms with Crippen LogP contribution in [0.25, 0.3) is 10.6 Å². The molecule has 0 aliphatic heterocycles. The lowest BCUT2D eigenvalue weighted by molar-refractivity contribution is 1.07. The van der Waals surface area contributed by atoms with E-state index in [-0.39, 0.29) is 0 Å². The molecule has 1 aromatic heterocycles. The monoisotopic (exact) mass is 268 g/mol. The van der Waals surface area contributed by atoms with Crippen LogP contribution in [0.4, 0.5) is 0 Å². The number of aryl methyl sites for hydroxylation is 1. The minimum atomic E-state index is 0.826. The fraction of sp³-hybridized carbons (Fsp3) is 0.200. The minimum absolute atomic E-state index is 0.826. The Labute approximate surface area is 95.1 Å². The third kappa shape index (κ3) is 2.01. The fourth-order valence-corrected chi connectivity index (χ4v) is 2.32. The Morgan fingerprint density at radius 2 is 1.93 bits per heavy atom. The lowest BCUT2D eigenvalue weighted by Crippen LogP contribution is -1.80. The number of nitrogens with zero attached hydrogens (tertiary/aromatic N) is 2. The van der Waals surface area contributed by atoms with Gasteiger partial charge in [0.1, 0.15) is 5.01 Å². The van der Waals surface area contributed by atoms with Gasteiger partial charge in [-0.2, -0.15) is 0 Å². The van der Waals surface area contributed by atoms with Gasteiger partial charge >= 0.3 is 0 Å². The van der Waals surface area contributed by atoms with Crippen molar-refractivity contribution in [2.75, 3.05) is 0 Å². The summed E-state index contributed by atoms with van der Waals surface area (Å²) in [6, 6.07) is 8.44. The number of aromatic nitrogens is 2. The van der Waals surface area contributed by atoms with Gasteiger partial charge in [-0.15, -0.1) is 10.2 Å². The molecule has 2 rings (SSSR count). The highest BCUT2D eigenvalue weighted by atomic mass is 79.9. The summed E-state index contributed by atoms with van der Waals surface area (Å²) in [6.45, 7) is 2.15. The van der Waals surface area contributed by atoms with E-state index >= 15 is 0 Å². The first-order chi connectivity index (χ1) is 6.79. The summed E-state index contributed by atoms with van der Waals surface area (Å²) in [4.78, 5) is 0. The molecule has 72 valence electrons. The van der Waals surface area contributed by atoms with Crippen LogP contribution in [0.1, 0.15) is 12.5 Å². The van der Waals surface area contributed by atoms with Gasteiger partial charge in [0.05, 0.1) is 0 Å². The SMILES string of the molecule is CCc1ccc(-c2nnc(Br)s2)cc1. The third-order valence-corrected chi connectivity index (χ3v) is 3.41. The minimum Gasteiger partial charge on any atom is -0.137 e. The van der Waals surface area contributed by atoms with E-state index < -0.39 is 0 Å². The number of hydrogen-bond donors (Lipinski definition) is 0. The highest BCUT2D eigenvalue weighted by Gasteiger charge is 2.03. The zero-order valence-corrected chi connectivity index (χ0v) is 10.1. The molecule has 0 saturated heterocycles. The second-order valence-electron chi connectivity index (χ2n) is 2.91. The number of rotatable bonds is 2. The topological polar surface area (TPSA) is 25.8 Å². The van der Waals surface area contributed by atoms with Gasteiger partial charge in [0.2, 0.25) is 0 Å². The van der Waals surface area contributed by atoms with Crippen LogP contribution in [0.3, 0.4) is 0 Å². The van der Waals surface area contributed by atoms with Gasteiger partial charge in [-0.3, -0.25) is 0 Å². The normalized spacial score (nSPS) is 10.4. The second-order valence-corrected chi connectivity index (χ2v) is 5.16. The first kappa shape index (κ1) is 9.80. The predicted molar refractivity (Wildman–Crippen MR) is 62.4 cm³/mol. The lowest BCUT2D eigenvalue weighted by atomic mass is 10.1. The smallest absolute Gasteiger partial charge is 0.137 e. The van der Waals surface area contributed by atoms with Gasteiger partial charge in [0.25, 0.3) is 0 Å². The van der Waals surface area contributed by atoms with Crippen LogP contribution < -0.4 is 0 Å². The predicted octanol–water partition coefficient (Wildman–Crippen LogP) is 3.53. The van der Waals surface area contributed by atoms with Crippen molar-refractivity contribution in [1.82, 2.24) is 10.2 Å².